The number of halogens is 1. The number of pyridine rings is 1. The van der Waals surface area contributed by atoms with Crippen molar-refractivity contribution in [2.75, 3.05) is 67.5 Å². The molecule has 1 spiro atoms. The molecule has 0 bridgehead atoms. The lowest BCUT2D eigenvalue weighted by Crippen LogP contribution is -2.58. The molecule has 4 aromatic carbocycles. The Morgan fingerprint density at radius 3 is 2.22 bits per heavy atom. The van der Waals surface area contributed by atoms with Crippen LogP contribution in [0.25, 0.3) is 22.3 Å². The van der Waals surface area contributed by atoms with Gasteiger partial charge in [0.05, 0.1) is 39.8 Å². The van der Waals surface area contributed by atoms with Gasteiger partial charge < -0.3 is 34.4 Å². The minimum absolute atomic E-state index is 0.0346. The standard InChI is InChI=1S/C62H64FN11O7/c1-36(2)72-35-64-50-34-49(66-55(54(50)72)65-48-10-6-5-9-47(48)63)38-12-16-46-52(30-38)73(42-31-41(32-42)68-21-7-4-8-22-68)61(81)62(46)19-23-70(24-20-62)57(77)39-11-14-43(37(3)29-39)58(78)71-27-25-69(26-28-71)40-13-15-44-45(33-40)60(80)74(59(44)79)51-17-18-53(75)67-56(51)76/h5-6,9-16,29-30,33-36,41-42,51H,4,7-8,17-28,31-32H2,1-3H3,(H,65,66)(H,67,75,76)/t41-,42+,51?. The second-order valence-corrected chi connectivity index (χ2v) is 23.2. The predicted molar refractivity (Wildman–Crippen MR) is 302 cm³/mol. The van der Waals surface area contributed by atoms with Crippen molar-refractivity contribution < 1.29 is 38.0 Å². The van der Waals surface area contributed by atoms with E-state index < -0.39 is 40.9 Å². The maximum atomic E-state index is 15.3. The second-order valence-electron chi connectivity index (χ2n) is 23.2. The fourth-order valence-corrected chi connectivity index (χ4v) is 13.6. The van der Waals surface area contributed by atoms with Crippen LogP contribution in [0.3, 0.4) is 0 Å². The number of carbonyl (C=O) groups is 7. The number of amides is 7. The molecule has 6 aromatic rings. The number of benzene rings is 4. The van der Waals surface area contributed by atoms with Gasteiger partial charge in [0.1, 0.15) is 17.4 Å². The number of imide groups is 2. The Morgan fingerprint density at radius 1 is 0.753 bits per heavy atom. The van der Waals surface area contributed by atoms with Gasteiger partial charge in [-0.1, -0.05) is 30.7 Å². The Morgan fingerprint density at radius 2 is 1.49 bits per heavy atom. The maximum absolute atomic E-state index is 15.3. The molecule has 19 heteroatoms. The zero-order valence-electron chi connectivity index (χ0n) is 45.8. The summed E-state index contributed by atoms with van der Waals surface area (Å²) in [4.78, 5) is 116. The third-order valence-electron chi connectivity index (χ3n) is 18.3. The molecular weight excluding hydrogens is 1030 g/mol. The highest BCUT2D eigenvalue weighted by Crippen LogP contribution is 2.52. The first kappa shape index (κ1) is 52.1. The van der Waals surface area contributed by atoms with E-state index in [0.717, 1.165) is 53.2 Å². The second kappa shape index (κ2) is 20.3. The highest BCUT2D eigenvalue weighted by atomic mass is 19.1. The van der Waals surface area contributed by atoms with Gasteiger partial charge in [-0.2, -0.15) is 0 Å². The number of fused-ring (bicyclic) bond motifs is 4. The molecule has 13 rings (SSSR count). The molecule has 5 fully saturated rings. The van der Waals surface area contributed by atoms with Gasteiger partial charge in [-0.15, -0.1) is 0 Å². The zero-order chi connectivity index (χ0) is 56.0. The van der Waals surface area contributed by atoms with Gasteiger partial charge in [0.25, 0.3) is 23.6 Å². The fourth-order valence-electron chi connectivity index (χ4n) is 13.6. The van der Waals surface area contributed by atoms with E-state index in [2.05, 4.69) is 46.4 Å². The lowest BCUT2D eigenvalue weighted by molar-refractivity contribution is -0.136. The van der Waals surface area contributed by atoms with Gasteiger partial charge >= 0.3 is 0 Å². The van der Waals surface area contributed by atoms with Crippen LogP contribution in [0.1, 0.15) is 130 Å². The number of nitrogens with zero attached hydrogens (tertiary/aromatic N) is 9. The van der Waals surface area contributed by atoms with Crippen molar-refractivity contribution in [2.24, 2.45) is 0 Å². The fraction of sp³-hybridized carbons (Fsp3) is 0.403. The Labute approximate surface area is 468 Å². The number of aromatic nitrogens is 3. The summed E-state index contributed by atoms with van der Waals surface area (Å²) in [5.74, 6) is -2.37. The van der Waals surface area contributed by atoms with Crippen LogP contribution in [0.15, 0.2) is 91.3 Å². The smallest absolute Gasteiger partial charge is 0.262 e. The van der Waals surface area contributed by atoms with Crippen molar-refractivity contribution in [3.05, 3.63) is 130 Å². The quantitative estimate of drug-likeness (QED) is 0.127. The molecule has 7 aliphatic rings. The van der Waals surface area contributed by atoms with Gasteiger partial charge in [-0.25, -0.2) is 14.4 Å². The first-order chi connectivity index (χ1) is 39.1. The van der Waals surface area contributed by atoms with Crippen LogP contribution in [0.2, 0.25) is 0 Å². The van der Waals surface area contributed by atoms with Gasteiger partial charge in [-0.05, 0) is 151 Å². The number of aryl methyl sites for hydroxylation is 1. The van der Waals surface area contributed by atoms with Crippen LogP contribution in [-0.4, -0.2) is 146 Å². The zero-order valence-corrected chi connectivity index (χ0v) is 45.8. The average molecular weight is 1090 g/mol. The summed E-state index contributed by atoms with van der Waals surface area (Å²) in [6, 6.07) is 24.4. The van der Waals surface area contributed by atoms with Crippen LogP contribution < -0.4 is 20.4 Å². The number of piperazine rings is 1. The summed E-state index contributed by atoms with van der Waals surface area (Å²) in [5, 5.41) is 5.50. The summed E-state index contributed by atoms with van der Waals surface area (Å²) >= 11 is 0. The molecule has 1 saturated carbocycles. The molecule has 2 aromatic heterocycles. The van der Waals surface area contributed by atoms with Crippen molar-refractivity contribution in [1.29, 1.82) is 0 Å². The summed E-state index contributed by atoms with van der Waals surface area (Å²) in [7, 11) is 0. The number of hydrogen-bond acceptors (Lipinski definition) is 12. The van der Waals surface area contributed by atoms with Crippen LogP contribution in [-0.2, 0) is 19.8 Å². The molecule has 0 radical (unpaired) electrons. The van der Waals surface area contributed by atoms with Gasteiger partial charge in [0, 0.05) is 91.9 Å². The molecule has 81 heavy (non-hydrogen) atoms. The Balaban J connectivity index is 0.702. The molecule has 8 heterocycles. The summed E-state index contributed by atoms with van der Waals surface area (Å²) < 4.78 is 17.2. The van der Waals surface area contributed by atoms with Crippen LogP contribution in [0.5, 0.6) is 0 Å². The molecule has 1 unspecified atom stereocenters. The molecule has 1 aliphatic carbocycles. The number of imidazole rings is 1. The molecule has 416 valence electrons. The Kier molecular flexibility index (Phi) is 13.1. The lowest BCUT2D eigenvalue weighted by atomic mass is 9.73. The molecular formula is C62H64FN11O7. The van der Waals surface area contributed by atoms with Gasteiger partial charge in [-0.3, -0.25) is 43.8 Å². The number of piperidine rings is 3. The molecule has 18 nitrogen and oxygen atoms in total. The normalized spacial score (nSPS) is 22.0. The van der Waals surface area contributed by atoms with Crippen molar-refractivity contribution in [2.45, 2.75) is 108 Å². The molecule has 1 atom stereocenters. The molecule has 7 amide bonds. The highest BCUT2D eigenvalue weighted by Gasteiger charge is 2.56. The topological polar surface area (TPSA) is 194 Å². The van der Waals surface area contributed by atoms with E-state index >= 15 is 9.18 Å². The van der Waals surface area contributed by atoms with E-state index in [-0.39, 0.29) is 53.8 Å². The number of para-hydroxylation sites is 1. The van der Waals surface area contributed by atoms with E-state index in [1.54, 1.807) is 65.8 Å². The lowest BCUT2D eigenvalue weighted by Gasteiger charge is -2.48. The van der Waals surface area contributed by atoms with Crippen molar-refractivity contribution in [3.63, 3.8) is 0 Å². The largest absolute Gasteiger partial charge is 0.368 e. The van der Waals surface area contributed by atoms with Crippen LogP contribution in [0, 0.1) is 12.7 Å². The number of hydrogen-bond donors (Lipinski definition) is 2. The number of carbonyl (C=O) groups excluding carboxylic acids is 7. The molecule has 2 N–H and O–H groups in total. The SMILES string of the molecule is Cc1cc(C(=O)N2CCC3(CC2)C(=O)N([C@H]2C[C@@H](N4CCCCC4)C2)c2cc(-c4cc5ncn(C(C)C)c5c(Nc5ccccc5F)n4)ccc23)ccc1C(=O)N1CCN(c2ccc3c(c2)C(=O)N(C2CCC(=O)NC2=O)C3=O)CC1. The van der Waals surface area contributed by atoms with E-state index in [9.17, 15) is 28.8 Å². The first-order valence-corrected chi connectivity index (χ1v) is 28.6. The molecule has 4 saturated heterocycles. The molecule has 6 aliphatic heterocycles. The number of rotatable bonds is 10. The first-order valence-electron chi connectivity index (χ1n) is 28.6. The number of nitrogens with one attached hydrogen (secondary N) is 2. The Hall–Kier alpha value is -8.32. The minimum atomic E-state index is -1.05. The third-order valence-corrected chi connectivity index (χ3v) is 18.3. The predicted octanol–water partition coefficient (Wildman–Crippen LogP) is 7.77. The highest BCUT2D eigenvalue weighted by molar-refractivity contribution is 6.24. The number of likely N-dealkylation sites (tertiary alicyclic amines) is 2. The monoisotopic (exact) mass is 1090 g/mol. The number of anilines is 4. The van der Waals surface area contributed by atoms with E-state index in [4.69, 9.17) is 9.97 Å². The van der Waals surface area contributed by atoms with E-state index in [0.29, 0.717) is 103 Å². The Bertz CT molecular complexity index is 3620. The van der Waals surface area contributed by atoms with Crippen LogP contribution >= 0.6 is 0 Å². The van der Waals surface area contributed by atoms with Gasteiger partial charge in [0.15, 0.2) is 5.82 Å². The van der Waals surface area contributed by atoms with Crippen molar-refractivity contribution in [1.82, 2.24) is 39.5 Å². The maximum Gasteiger partial charge on any atom is 0.262 e. The van der Waals surface area contributed by atoms with Crippen molar-refractivity contribution in [3.8, 4) is 11.3 Å². The minimum Gasteiger partial charge on any atom is -0.368 e. The summed E-state index contributed by atoms with van der Waals surface area (Å²) in [6.45, 7) is 10.6. The third kappa shape index (κ3) is 8.91. The van der Waals surface area contributed by atoms with E-state index in [1.165, 1.54) is 25.3 Å². The summed E-state index contributed by atoms with van der Waals surface area (Å²) in [5.41, 5.74) is 7.04. The van der Waals surface area contributed by atoms with Gasteiger partial charge in [0.2, 0.25) is 17.7 Å². The summed E-state index contributed by atoms with van der Waals surface area (Å²) in [6.07, 6.45) is 8.26. The van der Waals surface area contributed by atoms with Crippen LogP contribution in [0.4, 0.5) is 27.3 Å². The van der Waals surface area contributed by atoms with E-state index in [1.807, 2.05) is 33.4 Å². The average Bonchev–Trinajstić information content (AvgIpc) is 4.16. The van der Waals surface area contributed by atoms with Crippen molar-refractivity contribution >= 4 is 75.3 Å².